The van der Waals surface area contributed by atoms with Crippen molar-refractivity contribution in [3.05, 3.63) is 12.7 Å². The number of ether oxygens (including phenoxy) is 1. The Labute approximate surface area is 54.5 Å². The molecule has 0 aliphatic rings. The Morgan fingerprint density at radius 3 is 3.00 bits per heavy atom. The quantitative estimate of drug-likeness (QED) is 0.223. The van der Waals surface area contributed by atoms with Crippen LogP contribution in [0.5, 0.6) is 0 Å². The Morgan fingerprint density at radius 2 is 2.56 bits per heavy atom. The summed E-state index contributed by atoms with van der Waals surface area (Å²) in [4.78, 5) is 10.3. The molecule has 0 saturated carbocycles. The van der Waals surface area contributed by atoms with Crippen molar-refractivity contribution in [1.82, 2.24) is 0 Å². The number of methoxy groups -OCH3 is 1. The summed E-state index contributed by atoms with van der Waals surface area (Å²) in [6.07, 6.45) is 2.14. The molecule has 0 amide bonds. The number of hydrogen-bond acceptors (Lipinski definition) is 2. The van der Waals surface area contributed by atoms with E-state index in [9.17, 15) is 4.79 Å². The molecule has 0 unspecified atom stereocenters. The van der Waals surface area contributed by atoms with Crippen molar-refractivity contribution < 1.29 is 9.53 Å². The van der Waals surface area contributed by atoms with Gasteiger partial charge in [0.05, 0.1) is 7.11 Å². The SMILES string of the molecule is C=CCC#CC(=O)OC. The van der Waals surface area contributed by atoms with E-state index in [-0.39, 0.29) is 0 Å². The lowest BCUT2D eigenvalue weighted by Gasteiger charge is -1.82. The molecule has 2 nitrogen and oxygen atoms in total. The molecule has 0 aromatic rings. The second-order valence-corrected chi connectivity index (χ2v) is 1.29. The first kappa shape index (κ1) is 7.77. The molecular weight excluding hydrogens is 116 g/mol. The van der Waals surface area contributed by atoms with Crippen LogP contribution >= 0.6 is 0 Å². The molecule has 0 atom stereocenters. The average Bonchev–Trinajstić information content (AvgIpc) is 1.89. The number of rotatable bonds is 1. The summed E-state index contributed by atoms with van der Waals surface area (Å²) >= 11 is 0. The summed E-state index contributed by atoms with van der Waals surface area (Å²) in [7, 11) is 1.30. The Kier molecular flexibility index (Phi) is 4.25. The van der Waals surface area contributed by atoms with E-state index < -0.39 is 5.97 Å². The smallest absolute Gasteiger partial charge is 0.384 e. The van der Waals surface area contributed by atoms with Gasteiger partial charge in [0.2, 0.25) is 0 Å². The van der Waals surface area contributed by atoms with E-state index >= 15 is 0 Å². The fourth-order valence-electron chi connectivity index (χ4n) is 0.246. The second kappa shape index (κ2) is 4.92. The third-order valence-electron chi connectivity index (χ3n) is 0.622. The van der Waals surface area contributed by atoms with Crippen molar-refractivity contribution in [2.45, 2.75) is 6.42 Å². The molecule has 0 saturated heterocycles. The largest absolute Gasteiger partial charge is 0.459 e. The first-order valence-corrected chi connectivity index (χ1v) is 2.49. The first-order valence-electron chi connectivity index (χ1n) is 2.49. The molecule has 0 spiro atoms. The molecule has 0 bridgehead atoms. The minimum absolute atomic E-state index is 0.503. The lowest BCUT2D eigenvalue weighted by molar-refractivity contribution is -0.133. The van der Waals surface area contributed by atoms with Crippen molar-refractivity contribution in [2.75, 3.05) is 7.11 Å². The summed E-state index contributed by atoms with van der Waals surface area (Å²) in [5, 5.41) is 0. The minimum Gasteiger partial charge on any atom is -0.459 e. The molecule has 0 aliphatic heterocycles. The van der Waals surface area contributed by atoms with Gasteiger partial charge >= 0.3 is 5.97 Å². The van der Waals surface area contributed by atoms with Crippen molar-refractivity contribution in [3.63, 3.8) is 0 Å². The third-order valence-corrected chi connectivity index (χ3v) is 0.622. The Morgan fingerprint density at radius 1 is 1.89 bits per heavy atom. The summed E-state index contributed by atoms with van der Waals surface area (Å²) < 4.78 is 4.25. The molecule has 0 aliphatic carbocycles. The van der Waals surface area contributed by atoms with Crippen LogP contribution in [-0.2, 0) is 9.53 Å². The van der Waals surface area contributed by atoms with Crippen LogP contribution in [0.1, 0.15) is 6.42 Å². The summed E-state index contributed by atoms with van der Waals surface area (Å²) in [5.41, 5.74) is 0. The fraction of sp³-hybridized carbons (Fsp3) is 0.286. The molecule has 48 valence electrons. The van der Waals surface area contributed by atoms with Gasteiger partial charge in [0.15, 0.2) is 0 Å². The maximum absolute atomic E-state index is 10.3. The maximum atomic E-state index is 10.3. The van der Waals surface area contributed by atoms with E-state index in [0.29, 0.717) is 6.42 Å². The number of hydrogen-bond donors (Lipinski definition) is 0. The second-order valence-electron chi connectivity index (χ2n) is 1.29. The highest BCUT2D eigenvalue weighted by Gasteiger charge is 1.85. The molecule has 9 heavy (non-hydrogen) atoms. The predicted molar refractivity (Wildman–Crippen MR) is 34.6 cm³/mol. The van der Waals surface area contributed by atoms with Crippen LogP contribution in [-0.4, -0.2) is 13.1 Å². The van der Waals surface area contributed by atoms with Gasteiger partial charge in [0.25, 0.3) is 0 Å². The third kappa shape index (κ3) is 4.63. The Balaban J connectivity index is 3.58. The van der Waals surface area contributed by atoms with Crippen molar-refractivity contribution in [2.24, 2.45) is 0 Å². The normalized spacial score (nSPS) is 6.78. The Bertz CT molecular complexity index is 159. The molecule has 0 radical (unpaired) electrons. The van der Waals surface area contributed by atoms with E-state index in [1.165, 1.54) is 7.11 Å². The highest BCUT2D eigenvalue weighted by atomic mass is 16.5. The minimum atomic E-state index is -0.503. The van der Waals surface area contributed by atoms with Crippen LogP contribution < -0.4 is 0 Å². The van der Waals surface area contributed by atoms with Gasteiger partial charge in [0.1, 0.15) is 0 Å². The van der Waals surface area contributed by atoms with Crippen molar-refractivity contribution in [3.8, 4) is 11.8 Å². The van der Waals surface area contributed by atoms with Crippen molar-refractivity contribution >= 4 is 5.97 Å². The number of allylic oxidation sites excluding steroid dienone is 1. The Hall–Kier alpha value is -1.23. The topological polar surface area (TPSA) is 26.3 Å². The fourth-order valence-corrected chi connectivity index (χ4v) is 0.246. The number of esters is 1. The van der Waals surface area contributed by atoms with Gasteiger partial charge in [-0.05, 0) is 0 Å². The molecule has 0 heterocycles. The number of carbonyl (C=O) groups is 1. The zero-order chi connectivity index (χ0) is 7.11. The van der Waals surface area contributed by atoms with E-state index in [2.05, 4.69) is 23.2 Å². The standard InChI is InChI=1S/C7H8O2/c1-3-4-5-6-7(8)9-2/h3H,1,4H2,2H3. The molecule has 2 heteroatoms. The van der Waals surface area contributed by atoms with Crippen molar-refractivity contribution in [1.29, 1.82) is 0 Å². The number of carbonyl (C=O) groups excluding carboxylic acids is 1. The monoisotopic (exact) mass is 124 g/mol. The van der Waals surface area contributed by atoms with Gasteiger partial charge < -0.3 is 4.74 Å². The molecule has 0 fully saturated rings. The molecule has 0 rings (SSSR count). The van der Waals surface area contributed by atoms with Gasteiger partial charge in [-0.3, -0.25) is 0 Å². The molecular formula is C7H8O2. The van der Waals surface area contributed by atoms with Crippen LogP contribution in [0.2, 0.25) is 0 Å². The maximum Gasteiger partial charge on any atom is 0.384 e. The summed E-state index contributed by atoms with van der Waals surface area (Å²) in [5.74, 6) is 4.29. The molecule has 0 N–H and O–H groups in total. The predicted octanol–water partition coefficient (Wildman–Crippen LogP) is 0.739. The average molecular weight is 124 g/mol. The highest BCUT2D eigenvalue weighted by Crippen LogP contribution is 1.74. The van der Waals surface area contributed by atoms with Crippen LogP contribution in [0.15, 0.2) is 12.7 Å². The van der Waals surface area contributed by atoms with E-state index in [1.54, 1.807) is 6.08 Å². The van der Waals surface area contributed by atoms with Crippen LogP contribution in [0.25, 0.3) is 0 Å². The zero-order valence-electron chi connectivity index (χ0n) is 5.31. The first-order chi connectivity index (χ1) is 4.31. The highest BCUT2D eigenvalue weighted by molar-refractivity contribution is 5.88. The molecule has 0 aromatic carbocycles. The van der Waals surface area contributed by atoms with Crippen LogP contribution in [0.4, 0.5) is 0 Å². The molecule has 0 aromatic heterocycles. The van der Waals surface area contributed by atoms with Gasteiger partial charge in [-0.25, -0.2) is 4.79 Å². The van der Waals surface area contributed by atoms with E-state index in [4.69, 9.17) is 0 Å². The van der Waals surface area contributed by atoms with Gasteiger partial charge in [-0.2, -0.15) is 0 Å². The lowest BCUT2D eigenvalue weighted by atomic mass is 10.4. The summed E-state index contributed by atoms with van der Waals surface area (Å²) in [6.45, 7) is 3.43. The van der Waals surface area contributed by atoms with Gasteiger partial charge in [-0.1, -0.05) is 12.0 Å². The zero-order valence-corrected chi connectivity index (χ0v) is 5.31. The van der Waals surface area contributed by atoms with Crippen LogP contribution in [0.3, 0.4) is 0 Å². The van der Waals surface area contributed by atoms with Gasteiger partial charge in [0, 0.05) is 12.3 Å². The van der Waals surface area contributed by atoms with E-state index in [0.717, 1.165) is 0 Å². The lowest BCUT2D eigenvalue weighted by Crippen LogP contribution is -1.93. The van der Waals surface area contributed by atoms with Gasteiger partial charge in [-0.15, -0.1) is 6.58 Å². The summed E-state index contributed by atoms with van der Waals surface area (Å²) in [6, 6.07) is 0. The van der Waals surface area contributed by atoms with Crippen LogP contribution in [0, 0.1) is 11.8 Å². The van der Waals surface area contributed by atoms with E-state index in [1.807, 2.05) is 0 Å².